The fraction of sp³-hybridized carbons (Fsp3) is 0.913. The van der Waals surface area contributed by atoms with Crippen molar-refractivity contribution in [2.75, 3.05) is 0 Å². The molecule has 4 nitrogen and oxygen atoms in total. The molecule has 0 aromatic carbocycles. The minimum Gasteiger partial charge on any atom is -0.462 e. The van der Waals surface area contributed by atoms with Crippen molar-refractivity contribution in [2.45, 2.75) is 77.9 Å². The number of fused-ring (bicyclic) bond motifs is 2. The van der Waals surface area contributed by atoms with Crippen LogP contribution < -0.4 is 0 Å². The van der Waals surface area contributed by atoms with Gasteiger partial charge < -0.3 is 9.47 Å². The van der Waals surface area contributed by atoms with Crippen LogP contribution in [0.25, 0.3) is 0 Å². The van der Waals surface area contributed by atoms with Crippen LogP contribution in [0.3, 0.4) is 0 Å². The molecule has 4 heteroatoms. The van der Waals surface area contributed by atoms with Crippen LogP contribution in [0.15, 0.2) is 0 Å². The molecular weight excluding hydrogens is 340 g/mol. The molecule has 5 fully saturated rings. The van der Waals surface area contributed by atoms with Gasteiger partial charge in [-0.3, -0.25) is 9.59 Å². The number of cyclic esters (lactones) is 1. The molecule has 5 rings (SSSR count). The Kier molecular flexibility index (Phi) is 4.32. The molecule has 0 radical (unpaired) electrons. The monoisotopic (exact) mass is 374 g/mol. The van der Waals surface area contributed by atoms with Gasteiger partial charge in [-0.15, -0.1) is 0 Å². The Morgan fingerprint density at radius 2 is 1.59 bits per heavy atom. The lowest BCUT2D eigenvalue weighted by molar-refractivity contribution is -0.148. The summed E-state index contributed by atoms with van der Waals surface area (Å²) in [5.74, 6) is 4.13. The van der Waals surface area contributed by atoms with Crippen molar-refractivity contribution in [3.8, 4) is 0 Å². The predicted octanol–water partition coefficient (Wildman–Crippen LogP) is 4.21. The molecule has 11 atom stereocenters. The third-order valence-electron chi connectivity index (χ3n) is 9.15. The lowest BCUT2D eigenvalue weighted by Crippen LogP contribution is -2.48. The first-order valence-corrected chi connectivity index (χ1v) is 11.4. The minimum atomic E-state index is -0.00268. The highest BCUT2D eigenvalue weighted by Gasteiger charge is 2.63. The molecule has 0 aromatic heterocycles. The molecule has 1 unspecified atom stereocenters. The summed E-state index contributed by atoms with van der Waals surface area (Å²) < 4.78 is 11.9. The van der Waals surface area contributed by atoms with Crippen LogP contribution in [-0.2, 0) is 19.1 Å². The number of ether oxygens (including phenoxy) is 2. The number of rotatable bonds is 2. The molecule has 0 bridgehead atoms. The first-order chi connectivity index (χ1) is 13.0. The van der Waals surface area contributed by atoms with Crippen LogP contribution in [-0.4, -0.2) is 24.1 Å². The van der Waals surface area contributed by atoms with E-state index in [1.54, 1.807) is 0 Å². The van der Waals surface area contributed by atoms with Crippen molar-refractivity contribution in [1.29, 1.82) is 0 Å². The SMILES string of the molecule is CC[C@@H]1[C@H]2CCCCC3[C@H]2[C@H](C[C@@H]3[C@@H]2C[C@H](C)C(=O)O2)[C@@H]2[C@H]1OC(=O)[C@H]2C. The van der Waals surface area contributed by atoms with E-state index in [0.29, 0.717) is 41.4 Å². The van der Waals surface area contributed by atoms with Gasteiger partial charge in [0.05, 0.1) is 11.8 Å². The van der Waals surface area contributed by atoms with Crippen molar-refractivity contribution < 1.29 is 19.1 Å². The van der Waals surface area contributed by atoms with E-state index >= 15 is 0 Å². The van der Waals surface area contributed by atoms with E-state index in [-0.39, 0.29) is 36.0 Å². The summed E-state index contributed by atoms with van der Waals surface area (Å²) in [5.41, 5.74) is 0. The standard InChI is InChI=1S/C23H34O4/c1-4-13-14-7-5-6-8-15-16(18-9-11(2)22(24)26-18)10-17(20(14)15)19-12(3)23(25)27-21(13)19/h11-21H,4-10H2,1-3H3/t11-,12-,13+,14+,15?,16-,17+,18-,19+,20-,21-/m0/s1. The molecule has 5 aliphatic rings. The topological polar surface area (TPSA) is 52.6 Å². The summed E-state index contributed by atoms with van der Waals surface area (Å²) in [6, 6.07) is 0. The van der Waals surface area contributed by atoms with Crippen LogP contribution in [0.2, 0.25) is 0 Å². The Balaban J connectivity index is 1.51. The van der Waals surface area contributed by atoms with E-state index in [4.69, 9.17) is 9.47 Å². The molecule has 2 heterocycles. The Morgan fingerprint density at radius 3 is 2.26 bits per heavy atom. The molecule has 150 valence electrons. The first-order valence-electron chi connectivity index (χ1n) is 11.4. The van der Waals surface area contributed by atoms with Gasteiger partial charge in [-0.1, -0.05) is 33.6 Å². The summed E-state index contributed by atoms with van der Waals surface area (Å²) in [7, 11) is 0. The van der Waals surface area contributed by atoms with Gasteiger partial charge in [0.2, 0.25) is 0 Å². The van der Waals surface area contributed by atoms with Crippen molar-refractivity contribution in [2.24, 2.45) is 53.3 Å². The fourth-order valence-corrected chi connectivity index (χ4v) is 8.13. The van der Waals surface area contributed by atoms with Crippen LogP contribution in [0.5, 0.6) is 0 Å². The molecule has 0 amide bonds. The molecule has 0 N–H and O–H groups in total. The van der Waals surface area contributed by atoms with Crippen LogP contribution in [0, 0.1) is 53.3 Å². The highest BCUT2D eigenvalue weighted by molar-refractivity contribution is 5.75. The van der Waals surface area contributed by atoms with Crippen LogP contribution >= 0.6 is 0 Å². The van der Waals surface area contributed by atoms with E-state index < -0.39 is 0 Å². The zero-order chi connectivity index (χ0) is 18.9. The average Bonchev–Trinajstić information content (AvgIpc) is 3.20. The number of hydrogen-bond acceptors (Lipinski definition) is 4. The highest BCUT2D eigenvalue weighted by atomic mass is 16.6. The largest absolute Gasteiger partial charge is 0.462 e. The second-order valence-electron chi connectivity index (χ2n) is 10.2. The van der Waals surface area contributed by atoms with Gasteiger partial charge in [-0.2, -0.15) is 0 Å². The summed E-state index contributed by atoms with van der Waals surface area (Å²) in [6.45, 7) is 6.39. The molecule has 3 saturated carbocycles. The van der Waals surface area contributed by atoms with E-state index in [9.17, 15) is 9.59 Å². The quantitative estimate of drug-likeness (QED) is 0.679. The van der Waals surface area contributed by atoms with Gasteiger partial charge in [-0.25, -0.2) is 0 Å². The van der Waals surface area contributed by atoms with Crippen molar-refractivity contribution in [3.63, 3.8) is 0 Å². The van der Waals surface area contributed by atoms with E-state index in [0.717, 1.165) is 19.3 Å². The molecule has 27 heavy (non-hydrogen) atoms. The zero-order valence-corrected chi connectivity index (χ0v) is 16.9. The van der Waals surface area contributed by atoms with E-state index in [1.165, 1.54) is 25.7 Å². The van der Waals surface area contributed by atoms with E-state index in [1.807, 2.05) is 6.92 Å². The average molecular weight is 375 g/mol. The maximum atomic E-state index is 12.5. The van der Waals surface area contributed by atoms with Gasteiger partial charge >= 0.3 is 11.9 Å². The van der Waals surface area contributed by atoms with Gasteiger partial charge in [0.15, 0.2) is 0 Å². The van der Waals surface area contributed by atoms with Crippen molar-refractivity contribution >= 4 is 11.9 Å². The Hall–Kier alpha value is -1.06. The maximum absolute atomic E-state index is 12.5. The zero-order valence-electron chi connectivity index (χ0n) is 16.9. The predicted molar refractivity (Wildman–Crippen MR) is 101 cm³/mol. The summed E-state index contributed by atoms with van der Waals surface area (Å²) in [4.78, 5) is 24.6. The molecule has 0 spiro atoms. The Labute approximate surface area is 162 Å². The summed E-state index contributed by atoms with van der Waals surface area (Å²) in [5, 5.41) is 0. The summed E-state index contributed by atoms with van der Waals surface area (Å²) >= 11 is 0. The third-order valence-corrected chi connectivity index (χ3v) is 9.15. The Bertz CT molecular complexity index is 630. The van der Waals surface area contributed by atoms with Crippen molar-refractivity contribution in [3.05, 3.63) is 0 Å². The minimum absolute atomic E-state index is 0.00268. The fourth-order valence-electron chi connectivity index (χ4n) is 8.13. The lowest BCUT2D eigenvalue weighted by atomic mass is 9.57. The van der Waals surface area contributed by atoms with Crippen molar-refractivity contribution in [1.82, 2.24) is 0 Å². The molecule has 0 aromatic rings. The highest BCUT2D eigenvalue weighted by Crippen LogP contribution is 2.64. The van der Waals surface area contributed by atoms with Gasteiger partial charge in [0.25, 0.3) is 0 Å². The smallest absolute Gasteiger partial charge is 0.309 e. The first kappa shape index (κ1) is 18.0. The van der Waals surface area contributed by atoms with E-state index in [2.05, 4.69) is 13.8 Å². The van der Waals surface area contributed by atoms with Gasteiger partial charge in [0, 0.05) is 5.92 Å². The van der Waals surface area contributed by atoms with Crippen LogP contribution in [0.4, 0.5) is 0 Å². The molecule has 3 aliphatic carbocycles. The lowest BCUT2D eigenvalue weighted by Gasteiger charge is -2.48. The van der Waals surface area contributed by atoms with Crippen LogP contribution in [0.1, 0.15) is 65.7 Å². The van der Waals surface area contributed by atoms with Gasteiger partial charge in [0.1, 0.15) is 12.2 Å². The Morgan fingerprint density at radius 1 is 0.852 bits per heavy atom. The molecule has 2 aliphatic heterocycles. The normalized spacial score (nSPS) is 54.1. The number of hydrogen-bond donors (Lipinski definition) is 0. The van der Waals surface area contributed by atoms with Gasteiger partial charge in [-0.05, 0) is 67.6 Å². The number of esters is 2. The molecular formula is C23H34O4. The third kappa shape index (κ3) is 2.54. The summed E-state index contributed by atoms with van der Waals surface area (Å²) in [6.07, 6.45) is 8.55. The number of carbonyl (C=O) groups excluding carboxylic acids is 2. The second kappa shape index (κ2) is 6.49. The maximum Gasteiger partial charge on any atom is 0.309 e. The number of carbonyl (C=O) groups is 2. The molecule has 2 saturated heterocycles. The second-order valence-corrected chi connectivity index (χ2v) is 10.2.